The van der Waals surface area contributed by atoms with Gasteiger partial charge in [-0.25, -0.2) is 0 Å². The molecule has 1 heteroatoms. The number of hydrogen-bond acceptors (Lipinski definition) is 1. The van der Waals surface area contributed by atoms with E-state index in [0.29, 0.717) is 5.92 Å². The van der Waals surface area contributed by atoms with Gasteiger partial charge in [-0.05, 0) is 97.2 Å². The summed E-state index contributed by atoms with van der Waals surface area (Å²) in [6.45, 7) is 0. The molecule has 1 nitrogen and oxygen atoms in total. The summed E-state index contributed by atoms with van der Waals surface area (Å²) in [5.74, 6) is 0.298. The Bertz CT molecular complexity index is 2760. The highest BCUT2D eigenvalue weighted by Gasteiger charge is 2.25. The smallest absolute Gasteiger partial charge is 0.0618 e. The number of rotatable bonds is 9. The van der Waals surface area contributed by atoms with Gasteiger partial charge in [0.15, 0.2) is 0 Å². The first-order chi connectivity index (χ1) is 27.8. The molecule has 0 unspecified atom stereocenters. The van der Waals surface area contributed by atoms with Crippen molar-refractivity contribution >= 4 is 60.2 Å². The van der Waals surface area contributed by atoms with Gasteiger partial charge in [0.25, 0.3) is 0 Å². The number of hydrogen-bond donors (Lipinski definition) is 0. The fraction of sp³-hybridized carbons (Fsp3) is 0.0545. The number of para-hydroxylation sites is 2. The van der Waals surface area contributed by atoms with Gasteiger partial charge in [0.1, 0.15) is 0 Å². The average Bonchev–Trinajstić information content (AvgIpc) is 3.28. The SMILES string of the molecule is c1ccc(C(CCc2c3ccccc3c(-c3c4ccccc4c(N(c4ccccc4)c4ccccc4)c4ccccc34)c3ccccc23)c2ccccc2)cc1. The molecule has 0 bridgehead atoms. The van der Waals surface area contributed by atoms with Gasteiger partial charge in [-0.1, -0.05) is 194 Å². The number of nitrogens with zero attached hydrogens (tertiary/aromatic N) is 1. The monoisotopic (exact) mass is 715 g/mol. The number of anilines is 3. The van der Waals surface area contributed by atoms with Crippen LogP contribution in [0, 0.1) is 0 Å². The second kappa shape index (κ2) is 14.7. The fourth-order valence-electron chi connectivity index (χ4n) is 9.12. The van der Waals surface area contributed by atoms with Gasteiger partial charge < -0.3 is 4.90 Å². The van der Waals surface area contributed by atoms with Gasteiger partial charge in [0.05, 0.1) is 5.69 Å². The molecule has 10 rings (SSSR count). The van der Waals surface area contributed by atoms with Crippen LogP contribution in [0.2, 0.25) is 0 Å². The molecule has 0 saturated heterocycles. The summed E-state index contributed by atoms with van der Waals surface area (Å²) in [5, 5.41) is 10.2. The molecule has 10 aromatic rings. The summed E-state index contributed by atoms with van der Waals surface area (Å²) in [6, 6.07) is 79.9. The van der Waals surface area contributed by atoms with Gasteiger partial charge >= 0.3 is 0 Å². The van der Waals surface area contributed by atoms with Crippen LogP contribution in [-0.4, -0.2) is 0 Å². The van der Waals surface area contributed by atoms with Crippen LogP contribution in [0.3, 0.4) is 0 Å². The third kappa shape index (κ3) is 5.90. The van der Waals surface area contributed by atoms with Crippen molar-refractivity contribution in [3.05, 3.63) is 235 Å². The first-order valence-corrected chi connectivity index (χ1v) is 19.7. The van der Waals surface area contributed by atoms with Gasteiger partial charge in [0.2, 0.25) is 0 Å². The van der Waals surface area contributed by atoms with Crippen LogP contribution in [0.1, 0.15) is 29.0 Å². The van der Waals surface area contributed by atoms with Crippen molar-refractivity contribution < 1.29 is 0 Å². The number of aryl methyl sites for hydroxylation is 1. The minimum atomic E-state index is 0.298. The van der Waals surface area contributed by atoms with Crippen LogP contribution < -0.4 is 4.90 Å². The molecule has 0 aliphatic rings. The Morgan fingerprint density at radius 1 is 0.304 bits per heavy atom. The van der Waals surface area contributed by atoms with E-state index >= 15 is 0 Å². The molecular weight excluding hydrogens is 675 g/mol. The summed E-state index contributed by atoms with van der Waals surface area (Å²) < 4.78 is 0. The van der Waals surface area contributed by atoms with Gasteiger partial charge in [-0.3, -0.25) is 0 Å². The summed E-state index contributed by atoms with van der Waals surface area (Å²) in [4.78, 5) is 2.43. The first kappa shape index (κ1) is 33.6. The standard InChI is InChI=1S/C55H41N/c1-5-21-39(22-6-1)43(40-23-7-2-8-24-40)37-38-46-44-29-13-15-31-47(44)53(48-32-16-14-30-45(46)48)54-49-33-17-19-35-51(49)55(52-36-20-18-34-50(52)54)56(41-25-9-3-10-26-41)42-27-11-4-12-28-42/h1-36,43H,37-38H2. The van der Waals surface area contributed by atoms with E-state index in [1.807, 2.05) is 0 Å². The number of fused-ring (bicyclic) bond motifs is 4. The molecule has 0 spiro atoms. The van der Waals surface area contributed by atoms with E-state index in [2.05, 4.69) is 223 Å². The Hall–Kier alpha value is -6.96. The second-order valence-electron chi connectivity index (χ2n) is 14.7. The third-order valence-electron chi connectivity index (χ3n) is 11.5. The largest absolute Gasteiger partial charge is 0.309 e. The predicted octanol–water partition coefficient (Wildman–Crippen LogP) is 15.2. The Balaban J connectivity index is 1.23. The van der Waals surface area contributed by atoms with Crippen molar-refractivity contribution in [3.8, 4) is 11.1 Å². The molecule has 0 saturated carbocycles. The molecule has 0 atom stereocenters. The molecule has 0 heterocycles. The molecule has 0 fully saturated rings. The molecule has 10 aromatic carbocycles. The molecule has 0 radical (unpaired) electrons. The van der Waals surface area contributed by atoms with E-state index in [9.17, 15) is 0 Å². The van der Waals surface area contributed by atoms with Crippen LogP contribution in [0.4, 0.5) is 17.1 Å². The zero-order chi connectivity index (χ0) is 37.3. The Kier molecular flexibility index (Phi) is 8.82. The van der Waals surface area contributed by atoms with Crippen molar-refractivity contribution in [1.82, 2.24) is 0 Å². The van der Waals surface area contributed by atoms with Crippen LogP contribution in [0.15, 0.2) is 218 Å². The van der Waals surface area contributed by atoms with E-state index in [-0.39, 0.29) is 0 Å². The maximum absolute atomic E-state index is 2.43. The lowest BCUT2D eigenvalue weighted by Gasteiger charge is -2.30. The Morgan fingerprint density at radius 2 is 0.607 bits per heavy atom. The zero-order valence-corrected chi connectivity index (χ0v) is 31.2. The molecule has 0 aromatic heterocycles. The van der Waals surface area contributed by atoms with Crippen LogP contribution >= 0.6 is 0 Å². The maximum atomic E-state index is 2.43. The van der Waals surface area contributed by atoms with Crippen LogP contribution in [0.25, 0.3) is 54.2 Å². The Labute approximate surface area is 328 Å². The van der Waals surface area contributed by atoms with Crippen molar-refractivity contribution in [2.45, 2.75) is 18.8 Å². The lowest BCUT2D eigenvalue weighted by molar-refractivity contribution is 0.720. The van der Waals surface area contributed by atoms with Crippen molar-refractivity contribution in [2.24, 2.45) is 0 Å². The van der Waals surface area contributed by atoms with E-state index < -0.39 is 0 Å². The molecule has 0 aliphatic heterocycles. The van der Waals surface area contributed by atoms with E-state index in [1.54, 1.807) is 0 Å². The van der Waals surface area contributed by atoms with Crippen molar-refractivity contribution in [2.75, 3.05) is 4.90 Å². The topological polar surface area (TPSA) is 3.24 Å². The summed E-state index contributed by atoms with van der Waals surface area (Å²) in [7, 11) is 0. The summed E-state index contributed by atoms with van der Waals surface area (Å²) in [6.07, 6.45) is 1.97. The highest BCUT2D eigenvalue weighted by atomic mass is 15.1. The first-order valence-electron chi connectivity index (χ1n) is 19.7. The highest BCUT2D eigenvalue weighted by molar-refractivity contribution is 6.28. The lowest BCUT2D eigenvalue weighted by atomic mass is 9.81. The molecular formula is C55H41N. The van der Waals surface area contributed by atoms with E-state index in [0.717, 1.165) is 24.2 Å². The molecule has 0 N–H and O–H groups in total. The quantitative estimate of drug-likeness (QED) is 0.135. The maximum Gasteiger partial charge on any atom is 0.0618 e. The van der Waals surface area contributed by atoms with Gasteiger partial charge in [-0.2, -0.15) is 0 Å². The molecule has 0 aliphatic carbocycles. The highest BCUT2D eigenvalue weighted by Crippen LogP contribution is 2.51. The van der Waals surface area contributed by atoms with E-state index in [4.69, 9.17) is 0 Å². The van der Waals surface area contributed by atoms with E-state index in [1.165, 1.54) is 76.6 Å². The lowest BCUT2D eigenvalue weighted by Crippen LogP contribution is -2.11. The molecule has 0 amide bonds. The average molecular weight is 716 g/mol. The third-order valence-corrected chi connectivity index (χ3v) is 11.5. The molecule has 266 valence electrons. The van der Waals surface area contributed by atoms with Gasteiger partial charge in [0, 0.05) is 28.1 Å². The van der Waals surface area contributed by atoms with Crippen molar-refractivity contribution in [3.63, 3.8) is 0 Å². The minimum Gasteiger partial charge on any atom is -0.309 e. The van der Waals surface area contributed by atoms with Crippen molar-refractivity contribution in [1.29, 1.82) is 0 Å². The van der Waals surface area contributed by atoms with Crippen LogP contribution in [0.5, 0.6) is 0 Å². The predicted molar refractivity (Wildman–Crippen MR) is 240 cm³/mol. The number of benzene rings is 10. The minimum absolute atomic E-state index is 0.298. The summed E-state index contributed by atoms with van der Waals surface area (Å²) in [5.41, 5.74) is 10.2. The summed E-state index contributed by atoms with van der Waals surface area (Å²) >= 11 is 0. The molecule has 56 heavy (non-hydrogen) atoms. The fourth-order valence-corrected chi connectivity index (χ4v) is 9.12. The zero-order valence-electron chi connectivity index (χ0n) is 31.2. The van der Waals surface area contributed by atoms with Crippen LogP contribution in [-0.2, 0) is 6.42 Å². The van der Waals surface area contributed by atoms with Gasteiger partial charge in [-0.15, -0.1) is 0 Å². The normalized spacial score (nSPS) is 11.5. The second-order valence-corrected chi connectivity index (χ2v) is 14.7. The Morgan fingerprint density at radius 3 is 1.00 bits per heavy atom.